The van der Waals surface area contributed by atoms with Crippen LogP contribution in [0, 0.1) is 0 Å². The zero-order chi connectivity index (χ0) is 15.5. The largest absolute Gasteiger partial charge is 0.497 e. The van der Waals surface area contributed by atoms with Crippen molar-refractivity contribution in [1.29, 1.82) is 0 Å². The molecule has 0 saturated carbocycles. The van der Waals surface area contributed by atoms with Crippen LogP contribution in [0.2, 0.25) is 0 Å². The Kier molecular flexibility index (Phi) is 4.39. The highest BCUT2D eigenvalue weighted by molar-refractivity contribution is 7.89. The van der Waals surface area contributed by atoms with E-state index in [0.717, 1.165) is 5.56 Å². The van der Waals surface area contributed by atoms with Gasteiger partial charge in [-0.05, 0) is 24.6 Å². The molecule has 8 heteroatoms. The molecule has 1 unspecified atom stereocenters. The van der Waals surface area contributed by atoms with Crippen LogP contribution in [-0.4, -0.2) is 25.5 Å². The Morgan fingerprint density at radius 1 is 1.19 bits per heavy atom. The Morgan fingerprint density at radius 2 is 1.76 bits per heavy atom. The highest BCUT2D eigenvalue weighted by atomic mass is 32.2. The van der Waals surface area contributed by atoms with Gasteiger partial charge in [-0.15, -0.1) is 0 Å². The molecule has 3 N–H and O–H groups in total. The molecule has 1 atom stereocenters. The molecule has 7 nitrogen and oxygen atoms in total. The number of aromatic nitrogens is 2. The van der Waals surface area contributed by atoms with Gasteiger partial charge in [-0.25, -0.2) is 23.1 Å². The summed E-state index contributed by atoms with van der Waals surface area (Å²) < 4.78 is 32.0. The minimum atomic E-state index is -3.70. The summed E-state index contributed by atoms with van der Waals surface area (Å²) in [6, 6.07) is 6.73. The monoisotopic (exact) mass is 308 g/mol. The van der Waals surface area contributed by atoms with E-state index in [1.165, 1.54) is 12.4 Å². The summed E-state index contributed by atoms with van der Waals surface area (Å²) in [5.41, 5.74) is 6.16. The molecule has 21 heavy (non-hydrogen) atoms. The second-order valence-electron chi connectivity index (χ2n) is 4.39. The average molecular weight is 308 g/mol. The van der Waals surface area contributed by atoms with Crippen LogP contribution in [-0.2, 0) is 10.0 Å². The second-order valence-corrected chi connectivity index (χ2v) is 6.11. The van der Waals surface area contributed by atoms with E-state index in [1.54, 1.807) is 38.3 Å². The zero-order valence-electron chi connectivity index (χ0n) is 11.6. The highest BCUT2D eigenvalue weighted by Crippen LogP contribution is 2.19. The van der Waals surface area contributed by atoms with Gasteiger partial charge in [0.05, 0.1) is 19.5 Å². The van der Waals surface area contributed by atoms with Gasteiger partial charge in [0.15, 0.2) is 0 Å². The molecule has 0 amide bonds. The van der Waals surface area contributed by atoms with Gasteiger partial charge in [0.1, 0.15) is 10.6 Å². The first kappa shape index (κ1) is 15.2. The maximum Gasteiger partial charge on any atom is 0.244 e. The third-order valence-corrected chi connectivity index (χ3v) is 4.40. The first-order valence-electron chi connectivity index (χ1n) is 6.16. The van der Waals surface area contributed by atoms with Gasteiger partial charge < -0.3 is 10.5 Å². The smallest absolute Gasteiger partial charge is 0.244 e. The summed E-state index contributed by atoms with van der Waals surface area (Å²) in [7, 11) is -2.13. The number of ether oxygens (including phenoxy) is 1. The maximum atomic E-state index is 12.2. The number of nitrogens with zero attached hydrogens (tertiary/aromatic N) is 2. The topological polar surface area (TPSA) is 107 Å². The Balaban J connectivity index is 2.17. The lowest BCUT2D eigenvalue weighted by Crippen LogP contribution is -2.27. The first-order chi connectivity index (χ1) is 9.92. The van der Waals surface area contributed by atoms with Crippen molar-refractivity contribution in [2.24, 2.45) is 0 Å². The number of hydrogen-bond donors (Lipinski definition) is 2. The van der Waals surface area contributed by atoms with Crippen molar-refractivity contribution >= 4 is 16.0 Å². The fourth-order valence-corrected chi connectivity index (χ4v) is 2.85. The van der Waals surface area contributed by atoms with Crippen LogP contribution in [0.15, 0.2) is 41.6 Å². The van der Waals surface area contributed by atoms with Gasteiger partial charge >= 0.3 is 0 Å². The van der Waals surface area contributed by atoms with Crippen molar-refractivity contribution in [2.45, 2.75) is 17.9 Å². The molecule has 2 aromatic rings. The number of sulfonamides is 1. The molecule has 0 aliphatic heterocycles. The summed E-state index contributed by atoms with van der Waals surface area (Å²) >= 11 is 0. The average Bonchev–Trinajstić information content (AvgIpc) is 2.47. The first-order valence-corrected chi connectivity index (χ1v) is 7.64. The van der Waals surface area contributed by atoms with Crippen molar-refractivity contribution in [3.63, 3.8) is 0 Å². The molecule has 0 saturated heterocycles. The van der Waals surface area contributed by atoms with Crippen molar-refractivity contribution < 1.29 is 13.2 Å². The molecule has 1 heterocycles. The van der Waals surface area contributed by atoms with Crippen LogP contribution < -0.4 is 15.2 Å². The predicted molar refractivity (Wildman–Crippen MR) is 78.2 cm³/mol. The fraction of sp³-hybridized carbons (Fsp3) is 0.231. The van der Waals surface area contributed by atoms with E-state index in [2.05, 4.69) is 14.7 Å². The summed E-state index contributed by atoms with van der Waals surface area (Å²) in [6.45, 7) is 1.75. The Bertz CT molecular complexity index is 699. The SMILES string of the molecule is COc1ccc(C(C)NS(=O)(=O)c2cnc(N)nc2)cc1. The Labute approximate surface area is 123 Å². The van der Waals surface area contributed by atoms with Gasteiger partial charge in [0, 0.05) is 6.04 Å². The fourth-order valence-electron chi connectivity index (χ4n) is 1.73. The van der Waals surface area contributed by atoms with E-state index in [4.69, 9.17) is 10.5 Å². The number of nitrogens with one attached hydrogen (secondary N) is 1. The lowest BCUT2D eigenvalue weighted by Gasteiger charge is -2.14. The number of benzene rings is 1. The molecule has 0 aliphatic rings. The van der Waals surface area contributed by atoms with Gasteiger partial charge in [0.25, 0.3) is 0 Å². The summed E-state index contributed by atoms with van der Waals surface area (Å²) in [4.78, 5) is 7.33. The van der Waals surface area contributed by atoms with Crippen molar-refractivity contribution in [2.75, 3.05) is 12.8 Å². The number of rotatable bonds is 5. The van der Waals surface area contributed by atoms with Crippen LogP contribution in [0.4, 0.5) is 5.95 Å². The normalized spacial score (nSPS) is 12.9. The van der Waals surface area contributed by atoms with Crippen LogP contribution >= 0.6 is 0 Å². The molecule has 1 aromatic carbocycles. The maximum absolute atomic E-state index is 12.2. The van der Waals surface area contributed by atoms with Crippen LogP contribution in [0.3, 0.4) is 0 Å². The molecule has 112 valence electrons. The van der Waals surface area contributed by atoms with E-state index in [1.807, 2.05) is 0 Å². The molecule has 0 radical (unpaired) electrons. The molecule has 0 bridgehead atoms. The zero-order valence-corrected chi connectivity index (χ0v) is 12.5. The Morgan fingerprint density at radius 3 is 2.29 bits per heavy atom. The quantitative estimate of drug-likeness (QED) is 0.856. The van der Waals surface area contributed by atoms with Crippen LogP contribution in [0.1, 0.15) is 18.5 Å². The molecular formula is C13H16N4O3S. The lowest BCUT2D eigenvalue weighted by molar-refractivity contribution is 0.414. The Hall–Kier alpha value is -2.19. The number of hydrogen-bond acceptors (Lipinski definition) is 6. The molecule has 2 rings (SSSR count). The molecule has 0 aliphatic carbocycles. The predicted octanol–water partition coefficient (Wildman–Crippen LogP) is 1.11. The van der Waals surface area contributed by atoms with E-state index < -0.39 is 16.1 Å². The van der Waals surface area contributed by atoms with Gasteiger partial charge in [-0.3, -0.25) is 0 Å². The molecule has 1 aromatic heterocycles. The second kappa shape index (κ2) is 6.06. The van der Waals surface area contributed by atoms with Crippen molar-refractivity contribution in [1.82, 2.24) is 14.7 Å². The van der Waals surface area contributed by atoms with E-state index in [9.17, 15) is 8.42 Å². The number of nitrogens with two attached hydrogens (primary N) is 1. The third-order valence-electron chi connectivity index (χ3n) is 2.91. The number of nitrogen functional groups attached to an aromatic ring is 1. The summed E-state index contributed by atoms with van der Waals surface area (Å²) in [5.74, 6) is 0.734. The van der Waals surface area contributed by atoms with E-state index >= 15 is 0 Å². The third kappa shape index (κ3) is 3.67. The van der Waals surface area contributed by atoms with Crippen molar-refractivity contribution in [3.8, 4) is 5.75 Å². The highest BCUT2D eigenvalue weighted by Gasteiger charge is 2.19. The van der Waals surface area contributed by atoms with Crippen molar-refractivity contribution in [3.05, 3.63) is 42.2 Å². The van der Waals surface area contributed by atoms with Gasteiger partial charge in [-0.2, -0.15) is 0 Å². The molecule has 0 fully saturated rings. The lowest BCUT2D eigenvalue weighted by atomic mass is 10.1. The summed E-state index contributed by atoms with van der Waals surface area (Å²) in [5, 5.41) is 0. The minimum Gasteiger partial charge on any atom is -0.497 e. The van der Waals surface area contributed by atoms with Gasteiger partial charge in [-0.1, -0.05) is 12.1 Å². The van der Waals surface area contributed by atoms with E-state index in [0.29, 0.717) is 5.75 Å². The summed E-state index contributed by atoms with van der Waals surface area (Å²) in [6.07, 6.45) is 2.34. The minimum absolute atomic E-state index is 0.0251. The number of anilines is 1. The van der Waals surface area contributed by atoms with E-state index in [-0.39, 0.29) is 10.8 Å². The van der Waals surface area contributed by atoms with Crippen LogP contribution in [0.5, 0.6) is 5.75 Å². The molecular weight excluding hydrogens is 292 g/mol. The van der Waals surface area contributed by atoms with Gasteiger partial charge in [0.2, 0.25) is 16.0 Å². The van der Waals surface area contributed by atoms with Crippen LogP contribution in [0.25, 0.3) is 0 Å². The number of methoxy groups -OCH3 is 1. The molecule has 0 spiro atoms. The standard InChI is InChI=1S/C13H16N4O3S/c1-9(10-3-5-11(20-2)6-4-10)17-21(18,19)12-7-15-13(14)16-8-12/h3-9,17H,1-2H3,(H2,14,15,16).